The van der Waals surface area contributed by atoms with E-state index in [-0.39, 0.29) is 18.6 Å². The van der Waals surface area contributed by atoms with Gasteiger partial charge in [-0.3, -0.25) is 14.6 Å². The molecule has 0 radical (unpaired) electrons. The Morgan fingerprint density at radius 3 is 2.57 bits per heavy atom. The number of carbonyl (C=O) groups excluding carboxylic acids is 3. The van der Waals surface area contributed by atoms with E-state index in [2.05, 4.69) is 10.2 Å². The molecule has 3 aliphatic rings. The quantitative estimate of drug-likeness (QED) is 0.313. The van der Waals surface area contributed by atoms with Crippen molar-refractivity contribution in [1.29, 1.82) is 0 Å². The molecule has 0 aromatic heterocycles. The van der Waals surface area contributed by atoms with E-state index in [0.717, 1.165) is 18.7 Å². The van der Waals surface area contributed by atoms with Gasteiger partial charge in [0.1, 0.15) is 11.9 Å². The number of nitrogens with one attached hydrogen (secondary N) is 1. The molecule has 5 rings (SSSR count). The summed E-state index contributed by atoms with van der Waals surface area (Å²) in [6, 6.07) is 11.9. The van der Waals surface area contributed by atoms with Crippen LogP contribution in [0, 0.1) is 5.82 Å². The summed E-state index contributed by atoms with van der Waals surface area (Å²) in [5, 5.41) is 3.07. The van der Waals surface area contributed by atoms with Crippen LogP contribution in [0.4, 0.5) is 20.6 Å². The second-order valence-corrected chi connectivity index (χ2v) is 11.4. The third-order valence-electron chi connectivity index (χ3n) is 7.94. The number of carbonyl (C=O) groups is 3. The minimum atomic E-state index is -0.545. The average Bonchev–Trinajstić information content (AvgIpc) is 3.43. The number of rotatable bonds is 10. The number of benzene rings is 2. The number of ether oxygens (including phenoxy) is 3. The molecular formula is C31H38FN5O6S. The molecule has 3 aliphatic heterocycles. The summed E-state index contributed by atoms with van der Waals surface area (Å²) in [6.07, 6.45) is -0.210. The molecule has 1 atom stereocenters. The Bertz CT molecular complexity index is 1360. The van der Waals surface area contributed by atoms with E-state index in [1.165, 1.54) is 11.0 Å². The van der Waals surface area contributed by atoms with Gasteiger partial charge in [-0.2, -0.15) is 0 Å². The van der Waals surface area contributed by atoms with Crippen LogP contribution in [0.5, 0.6) is 0 Å². The van der Waals surface area contributed by atoms with Gasteiger partial charge in [0.2, 0.25) is 0 Å². The Morgan fingerprint density at radius 2 is 1.84 bits per heavy atom. The van der Waals surface area contributed by atoms with Crippen LogP contribution < -0.4 is 15.1 Å². The van der Waals surface area contributed by atoms with Gasteiger partial charge in [0.15, 0.2) is 6.61 Å². The van der Waals surface area contributed by atoms with Gasteiger partial charge in [-0.15, -0.1) is 0 Å². The molecule has 13 heteroatoms. The predicted molar refractivity (Wildman–Crippen MR) is 167 cm³/mol. The SMILES string of the molecule is CCC(=S)NCC1CN(c2ccc(N3CCN(C(=O)COC(=O)c4cccc(CN5CCOCC5)c4)CC3)c(F)c2)C(=O)O1. The second-order valence-electron chi connectivity index (χ2n) is 10.9. The normalized spacial score (nSPS) is 19.1. The number of halogens is 1. The standard InChI is InChI=1S/C31H38FN5O6S/c1-2-28(44)33-18-25-20-37(31(40)43-25)24-6-7-27(26(32)17-24)35-8-10-36(11-9-35)29(38)21-42-30(39)23-5-3-4-22(16-23)19-34-12-14-41-15-13-34/h3-7,16-17,25H,2,8-15,18-21H2,1H3,(H,33,44). The van der Waals surface area contributed by atoms with Gasteiger partial charge in [0, 0.05) is 45.8 Å². The van der Waals surface area contributed by atoms with Crippen LogP contribution in [-0.2, 0) is 25.5 Å². The Kier molecular flexibility index (Phi) is 10.6. The first kappa shape index (κ1) is 31.6. The van der Waals surface area contributed by atoms with E-state index in [0.29, 0.717) is 87.4 Å². The summed E-state index contributed by atoms with van der Waals surface area (Å²) >= 11 is 5.16. The van der Waals surface area contributed by atoms with E-state index in [1.54, 1.807) is 29.2 Å². The lowest BCUT2D eigenvalue weighted by molar-refractivity contribution is -0.134. The number of hydrogen-bond donors (Lipinski definition) is 1. The Morgan fingerprint density at radius 1 is 1.07 bits per heavy atom. The van der Waals surface area contributed by atoms with Crippen molar-refractivity contribution < 1.29 is 33.0 Å². The average molecular weight is 628 g/mol. The van der Waals surface area contributed by atoms with E-state index >= 15 is 4.39 Å². The summed E-state index contributed by atoms with van der Waals surface area (Å²) in [5.41, 5.74) is 2.21. The van der Waals surface area contributed by atoms with E-state index in [4.69, 9.17) is 26.4 Å². The molecule has 1 unspecified atom stereocenters. The van der Waals surface area contributed by atoms with Crippen molar-refractivity contribution in [1.82, 2.24) is 15.1 Å². The lowest BCUT2D eigenvalue weighted by Gasteiger charge is -2.36. The topological polar surface area (TPSA) is 104 Å². The van der Waals surface area contributed by atoms with Crippen LogP contribution >= 0.6 is 12.2 Å². The van der Waals surface area contributed by atoms with Gasteiger partial charge >= 0.3 is 12.1 Å². The van der Waals surface area contributed by atoms with Crippen molar-refractivity contribution in [3.63, 3.8) is 0 Å². The number of amides is 2. The fourth-order valence-electron chi connectivity index (χ4n) is 5.42. The van der Waals surface area contributed by atoms with Crippen LogP contribution in [0.15, 0.2) is 42.5 Å². The number of anilines is 2. The summed E-state index contributed by atoms with van der Waals surface area (Å²) < 4.78 is 31.3. The predicted octanol–water partition coefficient (Wildman–Crippen LogP) is 2.82. The van der Waals surface area contributed by atoms with Crippen molar-refractivity contribution in [3.8, 4) is 0 Å². The zero-order valence-electron chi connectivity index (χ0n) is 24.8. The molecule has 0 saturated carbocycles. The van der Waals surface area contributed by atoms with Gasteiger partial charge in [-0.25, -0.2) is 14.0 Å². The Labute approximate surface area is 261 Å². The molecule has 2 amide bonds. The summed E-state index contributed by atoms with van der Waals surface area (Å²) in [6.45, 7) is 7.63. The van der Waals surface area contributed by atoms with Crippen molar-refractivity contribution in [3.05, 3.63) is 59.4 Å². The first-order valence-electron chi connectivity index (χ1n) is 14.9. The smallest absolute Gasteiger partial charge is 0.414 e. The highest BCUT2D eigenvalue weighted by atomic mass is 32.1. The van der Waals surface area contributed by atoms with Crippen LogP contribution in [0.3, 0.4) is 0 Å². The minimum Gasteiger partial charge on any atom is -0.452 e. The van der Waals surface area contributed by atoms with E-state index in [9.17, 15) is 14.4 Å². The highest BCUT2D eigenvalue weighted by Crippen LogP contribution is 2.28. The fraction of sp³-hybridized carbons (Fsp3) is 0.484. The van der Waals surface area contributed by atoms with Crippen molar-refractivity contribution >= 4 is 46.6 Å². The maximum atomic E-state index is 15.2. The third-order valence-corrected chi connectivity index (χ3v) is 8.37. The first-order chi connectivity index (χ1) is 21.3. The number of nitrogens with zero attached hydrogens (tertiary/aromatic N) is 4. The fourth-order valence-corrected chi connectivity index (χ4v) is 5.51. The molecule has 3 saturated heterocycles. The number of piperazine rings is 1. The summed E-state index contributed by atoms with van der Waals surface area (Å²) in [4.78, 5) is 45.7. The lowest BCUT2D eigenvalue weighted by atomic mass is 10.1. The molecule has 3 heterocycles. The Balaban J connectivity index is 1.08. The third kappa shape index (κ3) is 8.01. The van der Waals surface area contributed by atoms with Crippen molar-refractivity contribution in [2.45, 2.75) is 26.0 Å². The molecule has 44 heavy (non-hydrogen) atoms. The number of hydrogen-bond acceptors (Lipinski definition) is 9. The van der Waals surface area contributed by atoms with Crippen LogP contribution in [0.1, 0.15) is 29.3 Å². The lowest BCUT2D eigenvalue weighted by Crippen LogP contribution is -2.50. The van der Waals surface area contributed by atoms with Gasteiger partial charge in [-0.1, -0.05) is 31.3 Å². The summed E-state index contributed by atoms with van der Waals surface area (Å²) in [5.74, 6) is -1.31. The monoisotopic (exact) mass is 627 g/mol. The molecule has 11 nitrogen and oxygen atoms in total. The van der Waals surface area contributed by atoms with Crippen LogP contribution in [-0.4, -0.2) is 111 Å². The van der Waals surface area contributed by atoms with E-state index < -0.39 is 17.9 Å². The molecule has 2 aromatic rings. The van der Waals surface area contributed by atoms with Gasteiger partial charge in [0.05, 0.1) is 48.2 Å². The largest absolute Gasteiger partial charge is 0.452 e. The number of esters is 1. The zero-order chi connectivity index (χ0) is 31.1. The zero-order valence-corrected chi connectivity index (χ0v) is 25.7. The van der Waals surface area contributed by atoms with E-state index in [1.807, 2.05) is 24.0 Å². The van der Waals surface area contributed by atoms with Crippen LogP contribution in [0.2, 0.25) is 0 Å². The minimum absolute atomic E-state index is 0.294. The van der Waals surface area contributed by atoms with Crippen LogP contribution in [0.25, 0.3) is 0 Å². The molecular weight excluding hydrogens is 589 g/mol. The van der Waals surface area contributed by atoms with Gasteiger partial charge in [-0.05, 0) is 42.3 Å². The maximum absolute atomic E-state index is 15.2. The molecule has 2 aromatic carbocycles. The molecule has 0 bridgehead atoms. The number of thiocarbonyl (C=S) groups is 1. The molecule has 236 valence electrons. The highest BCUT2D eigenvalue weighted by molar-refractivity contribution is 7.80. The number of morpholine rings is 1. The summed E-state index contributed by atoms with van der Waals surface area (Å²) in [7, 11) is 0. The number of cyclic esters (lactones) is 1. The van der Waals surface area contributed by atoms with Gasteiger partial charge < -0.3 is 29.3 Å². The second kappa shape index (κ2) is 14.8. The highest BCUT2D eigenvalue weighted by Gasteiger charge is 2.33. The molecule has 0 aliphatic carbocycles. The molecule has 0 spiro atoms. The first-order valence-corrected chi connectivity index (χ1v) is 15.3. The maximum Gasteiger partial charge on any atom is 0.414 e. The molecule has 3 fully saturated rings. The van der Waals surface area contributed by atoms with Crippen molar-refractivity contribution in [2.24, 2.45) is 0 Å². The van der Waals surface area contributed by atoms with Gasteiger partial charge in [0.25, 0.3) is 5.91 Å². The Hall–Kier alpha value is -3.81. The molecule has 1 N–H and O–H groups in total. The van der Waals surface area contributed by atoms with Crippen molar-refractivity contribution in [2.75, 3.05) is 82.0 Å².